The van der Waals surface area contributed by atoms with Gasteiger partial charge in [0.05, 0.1) is 5.02 Å². The maximum absolute atomic E-state index is 11.3. The molecular weight excluding hydrogens is 241 g/mol. The highest BCUT2D eigenvalue weighted by atomic mass is 35.5. The molecule has 0 unspecified atom stereocenters. The van der Waals surface area contributed by atoms with E-state index in [-0.39, 0.29) is 10.8 Å². The second-order valence-corrected chi connectivity index (χ2v) is 4.00. The smallest absolute Gasteiger partial charge is 0.408 e. The van der Waals surface area contributed by atoms with Crippen LogP contribution in [0.5, 0.6) is 5.75 Å². The summed E-state index contributed by atoms with van der Waals surface area (Å²) in [6.45, 7) is 0. The van der Waals surface area contributed by atoms with Gasteiger partial charge in [-0.25, -0.2) is 4.79 Å². The fourth-order valence-corrected chi connectivity index (χ4v) is 1.90. The zero-order valence-electron chi connectivity index (χ0n) is 7.70. The van der Waals surface area contributed by atoms with E-state index >= 15 is 0 Å². The molecule has 0 saturated heterocycles. The molecular formula is C9H7Cl2NO3. The fourth-order valence-electron chi connectivity index (χ4n) is 1.35. The molecule has 1 aromatic carbocycles. The van der Waals surface area contributed by atoms with E-state index in [0.717, 1.165) is 4.90 Å². The van der Waals surface area contributed by atoms with Crippen molar-refractivity contribution in [2.75, 3.05) is 7.05 Å². The number of halogens is 2. The molecule has 0 bridgehead atoms. The fraction of sp³-hybridized carbons (Fsp3) is 0.222. The Labute approximate surface area is 96.0 Å². The summed E-state index contributed by atoms with van der Waals surface area (Å²) in [6.07, 6.45) is -1.74. The number of carbonyl (C=O) groups is 1. The number of nitrogens with zero attached hydrogens (tertiary/aromatic N) is 1. The van der Waals surface area contributed by atoms with Gasteiger partial charge in [0.2, 0.25) is 0 Å². The zero-order valence-corrected chi connectivity index (χ0v) is 9.21. The third-order valence-corrected chi connectivity index (χ3v) is 2.66. The van der Waals surface area contributed by atoms with Crippen molar-refractivity contribution < 1.29 is 14.6 Å². The first-order valence-corrected chi connectivity index (χ1v) is 4.88. The van der Waals surface area contributed by atoms with Gasteiger partial charge in [-0.05, 0) is 12.1 Å². The molecule has 4 nitrogen and oxygen atoms in total. The number of amides is 1. The van der Waals surface area contributed by atoms with Gasteiger partial charge >= 0.3 is 6.09 Å². The van der Waals surface area contributed by atoms with Gasteiger partial charge in [-0.15, -0.1) is 0 Å². The Bertz CT molecular complexity index is 436. The van der Waals surface area contributed by atoms with Crippen molar-refractivity contribution in [3.63, 3.8) is 0 Å². The van der Waals surface area contributed by atoms with E-state index in [1.165, 1.54) is 19.2 Å². The Morgan fingerprint density at radius 3 is 2.80 bits per heavy atom. The first-order valence-electron chi connectivity index (χ1n) is 4.12. The standard InChI is InChI=1S/C9H7Cl2NO3/c1-12-8(13)5-2-4(10)3-6(11)7(5)15-9(12)14/h2-3,8,13H,1H3/t8-/m1/s1. The molecule has 1 aliphatic heterocycles. The first kappa shape index (κ1) is 10.5. The molecule has 1 atom stereocenters. The molecule has 1 amide bonds. The SMILES string of the molecule is CN1C(=O)Oc2c(Cl)cc(Cl)cc2[C@H]1O. The Morgan fingerprint density at radius 1 is 1.47 bits per heavy atom. The van der Waals surface area contributed by atoms with Crippen LogP contribution in [0.4, 0.5) is 4.79 Å². The lowest BCUT2D eigenvalue weighted by molar-refractivity contribution is 0.0148. The van der Waals surface area contributed by atoms with Crippen LogP contribution in [-0.4, -0.2) is 23.1 Å². The maximum atomic E-state index is 11.3. The first-order chi connectivity index (χ1) is 7.00. The van der Waals surface area contributed by atoms with E-state index in [1.807, 2.05) is 0 Å². The van der Waals surface area contributed by atoms with Gasteiger partial charge in [0.1, 0.15) is 0 Å². The second-order valence-electron chi connectivity index (χ2n) is 3.16. The van der Waals surface area contributed by atoms with Gasteiger partial charge in [-0.2, -0.15) is 0 Å². The van der Waals surface area contributed by atoms with Crippen LogP contribution in [0.1, 0.15) is 11.8 Å². The molecule has 2 rings (SSSR count). The maximum Gasteiger partial charge on any atom is 0.417 e. The summed E-state index contributed by atoms with van der Waals surface area (Å²) >= 11 is 11.6. The van der Waals surface area contributed by atoms with Crippen LogP contribution in [0, 0.1) is 0 Å². The lowest BCUT2D eigenvalue weighted by atomic mass is 10.1. The molecule has 1 aliphatic rings. The summed E-state index contributed by atoms with van der Waals surface area (Å²) in [5.41, 5.74) is 0.384. The normalized spacial score (nSPS) is 19.9. The average molecular weight is 248 g/mol. The molecule has 0 aromatic heterocycles. The minimum atomic E-state index is -1.09. The summed E-state index contributed by atoms with van der Waals surface area (Å²) in [7, 11) is 1.42. The lowest BCUT2D eigenvalue weighted by Gasteiger charge is -2.30. The Hall–Kier alpha value is -0.970. The molecule has 1 aromatic rings. The summed E-state index contributed by atoms with van der Waals surface area (Å²) < 4.78 is 4.94. The van der Waals surface area contributed by atoms with Crippen molar-refractivity contribution in [3.05, 3.63) is 27.7 Å². The van der Waals surface area contributed by atoms with Crippen LogP contribution in [0.3, 0.4) is 0 Å². The van der Waals surface area contributed by atoms with Crippen LogP contribution in [0.2, 0.25) is 10.0 Å². The minimum Gasteiger partial charge on any atom is -0.408 e. The molecule has 0 aliphatic carbocycles. The third kappa shape index (κ3) is 1.65. The number of carbonyl (C=O) groups excluding carboxylic acids is 1. The van der Waals surface area contributed by atoms with Crippen molar-refractivity contribution in [2.45, 2.75) is 6.23 Å². The van der Waals surface area contributed by atoms with Crippen molar-refractivity contribution >= 4 is 29.3 Å². The number of rotatable bonds is 0. The highest BCUT2D eigenvalue weighted by Crippen LogP contribution is 2.39. The number of hydrogen-bond acceptors (Lipinski definition) is 3. The quantitative estimate of drug-likeness (QED) is 0.767. The van der Waals surface area contributed by atoms with E-state index < -0.39 is 12.3 Å². The summed E-state index contributed by atoms with van der Waals surface area (Å²) in [5.74, 6) is 0.164. The number of benzene rings is 1. The van der Waals surface area contributed by atoms with Crippen molar-refractivity contribution in [3.8, 4) is 5.75 Å². The van der Waals surface area contributed by atoms with Crippen LogP contribution in [0.25, 0.3) is 0 Å². The largest absolute Gasteiger partial charge is 0.417 e. The van der Waals surface area contributed by atoms with Crippen LogP contribution in [0.15, 0.2) is 12.1 Å². The highest BCUT2D eigenvalue weighted by Gasteiger charge is 2.32. The summed E-state index contributed by atoms with van der Waals surface area (Å²) in [6, 6.07) is 2.96. The topological polar surface area (TPSA) is 49.8 Å². The summed E-state index contributed by atoms with van der Waals surface area (Å²) in [5, 5.41) is 10.3. The van der Waals surface area contributed by atoms with E-state index in [4.69, 9.17) is 27.9 Å². The number of fused-ring (bicyclic) bond motifs is 1. The van der Waals surface area contributed by atoms with Gasteiger partial charge in [-0.3, -0.25) is 4.90 Å². The van der Waals surface area contributed by atoms with Gasteiger partial charge < -0.3 is 9.84 Å². The molecule has 80 valence electrons. The molecule has 0 saturated carbocycles. The van der Waals surface area contributed by atoms with Crippen molar-refractivity contribution in [1.82, 2.24) is 4.90 Å². The number of aliphatic hydroxyl groups is 1. The van der Waals surface area contributed by atoms with Gasteiger partial charge in [0.25, 0.3) is 0 Å². The van der Waals surface area contributed by atoms with Gasteiger partial charge in [0.15, 0.2) is 12.0 Å². The van der Waals surface area contributed by atoms with Crippen LogP contribution >= 0.6 is 23.2 Å². The Balaban J connectivity index is 2.60. The molecule has 6 heteroatoms. The zero-order chi connectivity index (χ0) is 11.2. The minimum absolute atomic E-state index is 0.164. The predicted octanol–water partition coefficient (Wildman–Crippen LogP) is 2.43. The number of ether oxygens (including phenoxy) is 1. The van der Waals surface area contributed by atoms with Gasteiger partial charge in [-0.1, -0.05) is 23.2 Å². The molecule has 0 spiro atoms. The third-order valence-electron chi connectivity index (χ3n) is 2.16. The number of aliphatic hydroxyl groups excluding tert-OH is 1. The van der Waals surface area contributed by atoms with E-state index in [9.17, 15) is 9.90 Å². The molecule has 0 radical (unpaired) electrons. The van der Waals surface area contributed by atoms with Crippen LogP contribution in [-0.2, 0) is 0 Å². The Morgan fingerprint density at radius 2 is 2.13 bits per heavy atom. The highest BCUT2D eigenvalue weighted by molar-refractivity contribution is 6.35. The van der Waals surface area contributed by atoms with E-state index in [1.54, 1.807) is 0 Å². The molecule has 15 heavy (non-hydrogen) atoms. The lowest BCUT2D eigenvalue weighted by Crippen LogP contribution is -2.37. The molecule has 0 fully saturated rings. The van der Waals surface area contributed by atoms with E-state index in [0.29, 0.717) is 10.6 Å². The Kier molecular flexibility index (Phi) is 2.50. The van der Waals surface area contributed by atoms with Crippen molar-refractivity contribution in [1.29, 1.82) is 0 Å². The monoisotopic (exact) mass is 247 g/mol. The summed E-state index contributed by atoms with van der Waals surface area (Å²) in [4.78, 5) is 12.3. The van der Waals surface area contributed by atoms with Crippen molar-refractivity contribution in [2.24, 2.45) is 0 Å². The average Bonchev–Trinajstić information content (AvgIpc) is 2.17. The number of hydrogen-bond donors (Lipinski definition) is 1. The molecule has 1 N–H and O–H groups in total. The second kappa shape index (κ2) is 3.56. The predicted molar refractivity (Wildman–Crippen MR) is 55.2 cm³/mol. The van der Waals surface area contributed by atoms with E-state index in [2.05, 4.69) is 0 Å². The van der Waals surface area contributed by atoms with Gasteiger partial charge in [0, 0.05) is 17.6 Å². The molecule has 1 heterocycles. The van der Waals surface area contributed by atoms with Crippen LogP contribution < -0.4 is 4.74 Å².